The van der Waals surface area contributed by atoms with Gasteiger partial charge in [-0.3, -0.25) is 4.79 Å². The van der Waals surface area contributed by atoms with Gasteiger partial charge in [-0.25, -0.2) is 0 Å². The molecule has 22 heavy (non-hydrogen) atoms. The maximum Gasteiger partial charge on any atom is 0.254 e. The second-order valence-corrected chi connectivity index (χ2v) is 6.40. The van der Waals surface area contributed by atoms with E-state index in [0.29, 0.717) is 11.8 Å². The lowest BCUT2D eigenvalue weighted by Crippen LogP contribution is -2.33. The Bertz CT molecular complexity index is 697. The van der Waals surface area contributed by atoms with Crippen LogP contribution in [0.5, 0.6) is 0 Å². The van der Waals surface area contributed by atoms with Gasteiger partial charge in [-0.15, -0.1) is 12.4 Å². The molecule has 1 aliphatic heterocycles. The zero-order valence-electron chi connectivity index (χ0n) is 12.4. The minimum absolute atomic E-state index is 0. The third kappa shape index (κ3) is 2.38. The fourth-order valence-electron chi connectivity index (χ4n) is 4.06. The topological polar surface area (TPSA) is 46.3 Å². The highest BCUT2D eigenvalue weighted by Crippen LogP contribution is 2.38. The van der Waals surface area contributed by atoms with Crippen LogP contribution >= 0.6 is 12.4 Å². The van der Waals surface area contributed by atoms with Gasteiger partial charge in [0.15, 0.2) is 0 Å². The van der Waals surface area contributed by atoms with E-state index >= 15 is 0 Å². The number of carbonyl (C=O) groups excluding carboxylic acids is 1. The van der Waals surface area contributed by atoms with E-state index < -0.39 is 0 Å². The van der Waals surface area contributed by atoms with Crippen LogP contribution in [0.15, 0.2) is 42.5 Å². The number of rotatable bonds is 1. The van der Waals surface area contributed by atoms with Gasteiger partial charge in [0.25, 0.3) is 5.91 Å². The van der Waals surface area contributed by atoms with E-state index in [1.54, 1.807) is 0 Å². The molecule has 1 saturated heterocycles. The first kappa shape index (κ1) is 15.3. The van der Waals surface area contributed by atoms with E-state index in [4.69, 9.17) is 5.73 Å². The van der Waals surface area contributed by atoms with Crippen molar-refractivity contribution < 1.29 is 4.79 Å². The van der Waals surface area contributed by atoms with Crippen molar-refractivity contribution in [3.63, 3.8) is 0 Å². The molecular formula is C18H21ClN2O. The molecule has 1 heterocycles. The third-order valence-electron chi connectivity index (χ3n) is 5.22. The molecule has 2 aromatic rings. The van der Waals surface area contributed by atoms with Gasteiger partial charge in [0, 0.05) is 24.7 Å². The van der Waals surface area contributed by atoms with E-state index in [0.717, 1.165) is 35.8 Å². The predicted molar refractivity (Wildman–Crippen MR) is 91.3 cm³/mol. The van der Waals surface area contributed by atoms with Gasteiger partial charge in [-0.05, 0) is 41.5 Å². The van der Waals surface area contributed by atoms with Crippen LogP contribution in [-0.2, 0) is 0 Å². The van der Waals surface area contributed by atoms with Gasteiger partial charge < -0.3 is 10.6 Å². The second-order valence-electron chi connectivity index (χ2n) is 6.40. The van der Waals surface area contributed by atoms with Gasteiger partial charge in [0.1, 0.15) is 0 Å². The quantitative estimate of drug-likeness (QED) is 0.879. The molecule has 0 bridgehead atoms. The van der Waals surface area contributed by atoms with E-state index in [-0.39, 0.29) is 24.4 Å². The van der Waals surface area contributed by atoms with E-state index in [9.17, 15) is 4.79 Å². The Balaban J connectivity index is 0.00000144. The van der Waals surface area contributed by atoms with Crippen molar-refractivity contribution in [3.8, 4) is 0 Å². The Morgan fingerprint density at radius 3 is 2.64 bits per heavy atom. The van der Waals surface area contributed by atoms with Gasteiger partial charge in [0.05, 0.1) is 0 Å². The molecule has 2 fully saturated rings. The summed E-state index contributed by atoms with van der Waals surface area (Å²) in [5.41, 5.74) is 6.99. The number of hydrogen-bond acceptors (Lipinski definition) is 2. The minimum atomic E-state index is 0. The summed E-state index contributed by atoms with van der Waals surface area (Å²) in [6.07, 6.45) is 2.29. The summed E-state index contributed by atoms with van der Waals surface area (Å²) >= 11 is 0. The van der Waals surface area contributed by atoms with Crippen molar-refractivity contribution in [3.05, 3.63) is 48.0 Å². The number of halogens is 1. The number of nitrogens with zero attached hydrogens (tertiary/aromatic N) is 1. The molecule has 4 rings (SSSR count). The van der Waals surface area contributed by atoms with E-state index in [1.807, 2.05) is 35.2 Å². The maximum atomic E-state index is 12.9. The van der Waals surface area contributed by atoms with Crippen LogP contribution < -0.4 is 5.73 Å². The summed E-state index contributed by atoms with van der Waals surface area (Å²) in [6, 6.07) is 14.3. The molecular weight excluding hydrogens is 296 g/mol. The van der Waals surface area contributed by atoms with E-state index in [1.165, 1.54) is 6.42 Å². The first-order valence-corrected chi connectivity index (χ1v) is 7.76. The summed E-state index contributed by atoms with van der Waals surface area (Å²) in [7, 11) is 0. The lowest BCUT2D eigenvalue weighted by atomic mass is 9.98. The summed E-state index contributed by atoms with van der Waals surface area (Å²) < 4.78 is 0. The number of carbonyl (C=O) groups is 1. The highest BCUT2D eigenvalue weighted by atomic mass is 35.5. The molecule has 3 atom stereocenters. The number of fused-ring (bicyclic) bond motifs is 2. The summed E-state index contributed by atoms with van der Waals surface area (Å²) in [5, 5.41) is 2.17. The fourth-order valence-corrected chi connectivity index (χ4v) is 4.06. The van der Waals surface area contributed by atoms with Crippen LogP contribution in [0.4, 0.5) is 0 Å². The number of nitrogens with two attached hydrogens (primary N) is 1. The Hall–Kier alpha value is -1.58. The van der Waals surface area contributed by atoms with Gasteiger partial charge >= 0.3 is 0 Å². The Labute approximate surface area is 136 Å². The molecule has 1 amide bonds. The molecule has 2 aromatic carbocycles. The molecule has 2 aliphatic rings. The summed E-state index contributed by atoms with van der Waals surface area (Å²) in [6.45, 7) is 1.70. The van der Waals surface area contributed by atoms with Crippen LogP contribution in [0, 0.1) is 11.8 Å². The molecule has 4 heteroatoms. The molecule has 116 valence electrons. The first-order chi connectivity index (χ1) is 10.2. The number of benzene rings is 2. The predicted octanol–water partition coefficient (Wildman–Crippen LogP) is 3.07. The van der Waals surface area contributed by atoms with Crippen molar-refractivity contribution in [2.75, 3.05) is 13.1 Å². The Kier molecular flexibility index (Phi) is 4.11. The molecule has 3 unspecified atom stereocenters. The lowest BCUT2D eigenvalue weighted by Gasteiger charge is -2.19. The number of hydrogen-bond donors (Lipinski definition) is 1. The molecule has 0 spiro atoms. The second kappa shape index (κ2) is 5.90. The zero-order chi connectivity index (χ0) is 14.4. The largest absolute Gasteiger partial charge is 0.338 e. The average Bonchev–Trinajstić information content (AvgIpc) is 3.08. The Morgan fingerprint density at radius 2 is 1.82 bits per heavy atom. The third-order valence-corrected chi connectivity index (χ3v) is 5.22. The maximum absolute atomic E-state index is 12.9. The molecule has 0 radical (unpaired) electrons. The number of likely N-dealkylation sites (tertiary alicyclic amines) is 1. The molecule has 1 saturated carbocycles. The van der Waals surface area contributed by atoms with Crippen LogP contribution in [-0.4, -0.2) is 29.9 Å². The van der Waals surface area contributed by atoms with Gasteiger partial charge in [0.2, 0.25) is 0 Å². The summed E-state index contributed by atoms with van der Waals surface area (Å²) in [5.74, 6) is 1.27. The summed E-state index contributed by atoms with van der Waals surface area (Å²) in [4.78, 5) is 14.9. The zero-order valence-corrected chi connectivity index (χ0v) is 13.3. The van der Waals surface area contributed by atoms with Crippen LogP contribution in [0.2, 0.25) is 0 Å². The van der Waals surface area contributed by atoms with E-state index in [2.05, 4.69) is 12.1 Å². The van der Waals surface area contributed by atoms with Crippen LogP contribution in [0.25, 0.3) is 10.8 Å². The van der Waals surface area contributed by atoms with Crippen molar-refractivity contribution in [1.29, 1.82) is 0 Å². The standard InChI is InChI=1S/C18H20N2O.ClH/c19-17-9-8-13-10-20(11-16(13)17)18(21)15-7-3-5-12-4-1-2-6-14(12)15;/h1-7,13,16-17H,8-11,19H2;1H. The lowest BCUT2D eigenvalue weighted by molar-refractivity contribution is 0.0781. The van der Waals surface area contributed by atoms with Crippen LogP contribution in [0.3, 0.4) is 0 Å². The van der Waals surface area contributed by atoms with Gasteiger partial charge in [-0.1, -0.05) is 36.4 Å². The smallest absolute Gasteiger partial charge is 0.254 e. The molecule has 3 nitrogen and oxygen atoms in total. The van der Waals surface area contributed by atoms with Gasteiger partial charge in [-0.2, -0.15) is 0 Å². The number of amides is 1. The fraction of sp³-hybridized carbons (Fsp3) is 0.389. The van der Waals surface area contributed by atoms with Crippen molar-refractivity contribution >= 4 is 29.1 Å². The normalized spacial score (nSPS) is 26.8. The SMILES string of the molecule is Cl.NC1CCC2CN(C(=O)c3cccc4ccccc34)CC12. The van der Waals surface area contributed by atoms with Crippen molar-refractivity contribution in [2.24, 2.45) is 17.6 Å². The van der Waals surface area contributed by atoms with Crippen molar-refractivity contribution in [1.82, 2.24) is 4.90 Å². The highest BCUT2D eigenvalue weighted by Gasteiger charge is 2.42. The average molecular weight is 317 g/mol. The minimum Gasteiger partial charge on any atom is -0.338 e. The molecule has 1 aliphatic carbocycles. The van der Waals surface area contributed by atoms with Crippen molar-refractivity contribution in [2.45, 2.75) is 18.9 Å². The highest BCUT2D eigenvalue weighted by molar-refractivity contribution is 6.07. The Morgan fingerprint density at radius 1 is 1.05 bits per heavy atom. The molecule has 0 aromatic heterocycles. The first-order valence-electron chi connectivity index (χ1n) is 7.76. The molecule has 2 N–H and O–H groups in total. The monoisotopic (exact) mass is 316 g/mol. The van der Waals surface area contributed by atoms with Crippen LogP contribution in [0.1, 0.15) is 23.2 Å².